The summed E-state index contributed by atoms with van der Waals surface area (Å²) in [6.07, 6.45) is 0. The largest absolute Gasteiger partial charge is 0.395 e. The molecule has 88 valence electrons. The lowest BCUT2D eigenvalue weighted by Gasteiger charge is -2.04. The van der Waals surface area contributed by atoms with Crippen LogP contribution in [0.1, 0.15) is 0 Å². The van der Waals surface area contributed by atoms with Crippen molar-refractivity contribution in [2.45, 2.75) is 4.90 Å². The summed E-state index contributed by atoms with van der Waals surface area (Å²) in [5.74, 6) is -0.520. The average molecular weight is 266 g/mol. The molecule has 0 saturated heterocycles. The van der Waals surface area contributed by atoms with Gasteiger partial charge in [-0.05, 0) is 6.07 Å². The van der Waals surface area contributed by atoms with Crippen molar-refractivity contribution in [2.75, 3.05) is 12.4 Å². The summed E-state index contributed by atoms with van der Waals surface area (Å²) >= 11 is 5.62. The first-order valence-corrected chi connectivity index (χ1v) is 6.19. The van der Waals surface area contributed by atoms with Gasteiger partial charge in [-0.15, -0.1) is 0 Å². The van der Waals surface area contributed by atoms with Crippen LogP contribution in [0.15, 0.2) is 23.1 Å². The number of hydrogen-bond donors (Lipinski definition) is 1. The van der Waals surface area contributed by atoms with Gasteiger partial charge in [0.15, 0.2) is 9.84 Å². The van der Waals surface area contributed by atoms with E-state index in [-0.39, 0.29) is 4.90 Å². The molecule has 0 bridgehead atoms. The van der Waals surface area contributed by atoms with E-state index in [4.69, 9.17) is 16.7 Å². The van der Waals surface area contributed by atoms with Gasteiger partial charge in [0, 0.05) is 6.07 Å². The zero-order valence-electron chi connectivity index (χ0n) is 7.96. The van der Waals surface area contributed by atoms with Crippen LogP contribution in [0, 0.1) is 10.1 Å². The molecule has 0 saturated carbocycles. The molecule has 16 heavy (non-hydrogen) atoms. The van der Waals surface area contributed by atoms with Crippen molar-refractivity contribution in [2.24, 2.45) is 0 Å². The fourth-order valence-electron chi connectivity index (χ4n) is 1.11. The Labute approximate surface area is 96.5 Å². The van der Waals surface area contributed by atoms with Gasteiger partial charge in [-0.3, -0.25) is 10.1 Å². The Balaban J connectivity index is 3.37. The number of nitro benzene ring substituents is 1. The fraction of sp³-hybridized carbons (Fsp3) is 0.250. The normalized spacial score (nSPS) is 11.4. The summed E-state index contributed by atoms with van der Waals surface area (Å²) in [6.45, 7) is -0.568. The molecule has 1 aromatic carbocycles. The van der Waals surface area contributed by atoms with Crippen LogP contribution in [0.4, 0.5) is 5.69 Å². The molecule has 0 spiro atoms. The first-order chi connectivity index (χ1) is 7.40. The molecule has 0 aliphatic heterocycles. The molecule has 1 aromatic rings. The van der Waals surface area contributed by atoms with Gasteiger partial charge in [0.25, 0.3) is 5.69 Å². The summed E-state index contributed by atoms with van der Waals surface area (Å²) in [7, 11) is -3.78. The third-order valence-electron chi connectivity index (χ3n) is 1.83. The number of aliphatic hydroxyl groups excluding tert-OH is 1. The number of benzene rings is 1. The van der Waals surface area contributed by atoms with Crippen molar-refractivity contribution in [1.29, 1.82) is 0 Å². The average Bonchev–Trinajstić information content (AvgIpc) is 2.17. The molecule has 0 aliphatic rings. The minimum Gasteiger partial charge on any atom is -0.395 e. The van der Waals surface area contributed by atoms with Gasteiger partial charge in [-0.2, -0.15) is 0 Å². The maximum atomic E-state index is 11.6. The Hall–Kier alpha value is -1.18. The highest BCUT2D eigenvalue weighted by Crippen LogP contribution is 2.31. The number of halogens is 1. The molecular weight excluding hydrogens is 258 g/mol. The predicted molar refractivity (Wildman–Crippen MR) is 57.2 cm³/mol. The number of aliphatic hydroxyl groups is 1. The Morgan fingerprint density at radius 2 is 2.06 bits per heavy atom. The molecule has 0 fully saturated rings. The van der Waals surface area contributed by atoms with Crippen molar-refractivity contribution in [3.05, 3.63) is 33.3 Å². The molecule has 0 heterocycles. The number of sulfone groups is 1. The number of hydrogen-bond acceptors (Lipinski definition) is 5. The highest BCUT2D eigenvalue weighted by molar-refractivity contribution is 7.91. The summed E-state index contributed by atoms with van der Waals surface area (Å²) in [5.41, 5.74) is -0.472. The zero-order chi connectivity index (χ0) is 12.3. The second-order valence-electron chi connectivity index (χ2n) is 2.89. The molecule has 0 radical (unpaired) electrons. The highest BCUT2D eigenvalue weighted by Gasteiger charge is 2.23. The van der Waals surface area contributed by atoms with E-state index in [1.807, 2.05) is 0 Å². The molecule has 0 unspecified atom stereocenters. The molecule has 0 atom stereocenters. The molecule has 6 nitrogen and oxygen atoms in total. The van der Waals surface area contributed by atoms with Crippen LogP contribution in [0.2, 0.25) is 5.02 Å². The standard InChI is InChI=1S/C8H8ClNO5S/c9-8-6(10(12)13)2-1-3-7(8)16(14,15)5-4-11/h1-3,11H,4-5H2. The lowest BCUT2D eigenvalue weighted by atomic mass is 10.3. The number of nitrogens with zero attached hydrogens (tertiary/aromatic N) is 1. The minimum atomic E-state index is -3.78. The van der Waals surface area contributed by atoms with Crippen molar-refractivity contribution in [1.82, 2.24) is 0 Å². The van der Waals surface area contributed by atoms with Gasteiger partial charge in [-0.1, -0.05) is 17.7 Å². The van der Waals surface area contributed by atoms with Gasteiger partial charge >= 0.3 is 0 Å². The molecule has 0 amide bonds. The maximum Gasteiger partial charge on any atom is 0.289 e. The second kappa shape index (κ2) is 4.77. The third-order valence-corrected chi connectivity index (χ3v) is 4.07. The molecule has 1 N–H and O–H groups in total. The monoisotopic (exact) mass is 265 g/mol. The van der Waals surface area contributed by atoms with Crippen LogP contribution in [0.5, 0.6) is 0 Å². The van der Waals surface area contributed by atoms with Crippen LogP contribution in [0.25, 0.3) is 0 Å². The smallest absolute Gasteiger partial charge is 0.289 e. The summed E-state index contributed by atoms with van der Waals surface area (Å²) in [6, 6.07) is 3.51. The maximum absolute atomic E-state index is 11.6. The van der Waals surface area contributed by atoms with Crippen LogP contribution in [-0.4, -0.2) is 30.8 Å². The molecule has 8 heteroatoms. The quantitative estimate of drug-likeness (QED) is 0.647. The molecular formula is C8H8ClNO5S. The lowest BCUT2D eigenvalue weighted by molar-refractivity contribution is -0.384. The molecule has 0 aromatic heterocycles. The van der Waals surface area contributed by atoms with Gasteiger partial charge in [0.1, 0.15) is 5.02 Å². The predicted octanol–water partition coefficient (Wildman–Crippen LogP) is 1.01. The Morgan fingerprint density at radius 3 is 2.56 bits per heavy atom. The summed E-state index contributed by atoms with van der Waals surface area (Å²) in [5, 5.41) is 18.7. The van der Waals surface area contributed by atoms with Crippen molar-refractivity contribution in [3.63, 3.8) is 0 Å². The van der Waals surface area contributed by atoms with Crippen LogP contribution in [0.3, 0.4) is 0 Å². The Morgan fingerprint density at radius 1 is 1.44 bits per heavy atom. The Kier molecular flexibility index (Phi) is 3.84. The Bertz CT molecular complexity index is 513. The second-order valence-corrected chi connectivity index (χ2v) is 5.34. The summed E-state index contributed by atoms with van der Waals surface area (Å²) < 4.78 is 23.1. The van der Waals surface area contributed by atoms with Crippen LogP contribution < -0.4 is 0 Å². The lowest BCUT2D eigenvalue weighted by Crippen LogP contribution is -2.11. The van der Waals surface area contributed by atoms with Crippen molar-refractivity contribution in [3.8, 4) is 0 Å². The van der Waals surface area contributed by atoms with Gasteiger partial charge in [-0.25, -0.2) is 8.42 Å². The van der Waals surface area contributed by atoms with Crippen LogP contribution >= 0.6 is 11.6 Å². The van der Waals surface area contributed by atoms with Gasteiger partial charge in [0.05, 0.1) is 22.2 Å². The third kappa shape index (κ3) is 2.49. The van der Waals surface area contributed by atoms with E-state index in [0.717, 1.165) is 6.07 Å². The number of nitro groups is 1. The van der Waals surface area contributed by atoms with Crippen molar-refractivity contribution >= 4 is 27.1 Å². The number of rotatable bonds is 4. The SMILES string of the molecule is O=[N+]([O-])c1cccc(S(=O)(=O)CCO)c1Cl. The van der Waals surface area contributed by atoms with E-state index in [0.29, 0.717) is 0 Å². The van der Waals surface area contributed by atoms with E-state index in [9.17, 15) is 18.5 Å². The molecule has 1 rings (SSSR count). The van der Waals surface area contributed by atoms with Gasteiger partial charge in [0.2, 0.25) is 0 Å². The van der Waals surface area contributed by atoms with Crippen molar-refractivity contribution < 1.29 is 18.4 Å². The zero-order valence-corrected chi connectivity index (χ0v) is 9.53. The summed E-state index contributed by atoms with van der Waals surface area (Å²) in [4.78, 5) is 9.44. The first-order valence-electron chi connectivity index (χ1n) is 4.16. The fourth-order valence-corrected chi connectivity index (χ4v) is 2.78. The minimum absolute atomic E-state index is 0.336. The van der Waals surface area contributed by atoms with E-state index < -0.39 is 37.8 Å². The van der Waals surface area contributed by atoms with E-state index in [2.05, 4.69) is 0 Å². The van der Waals surface area contributed by atoms with E-state index in [1.54, 1.807) is 0 Å². The van der Waals surface area contributed by atoms with E-state index >= 15 is 0 Å². The van der Waals surface area contributed by atoms with Gasteiger partial charge < -0.3 is 5.11 Å². The topological polar surface area (TPSA) is 97.5 Å². The van der Waals surface area contributed by atoms with Crippen LogP contribution in [-0.2, 0) is 9.84 Å². The highest BCUT2D eigenvalue weighted by atomic mass is 35.5. The molecule has 0 aliphatic carbocycles. The van der Waals surface area contributed by atoms with E-state index in [1.165, 1.54) is 12.1 Å². The first kappa shape index (κ1) is 12.9.